The zero-order chi connectivity index (χ0) is 19.0. The van der Waals surface area contributed by atoms with Gasteiger partial charge in [0.1, 0.15) is 10.4 Å². The molecule has 0 atom stereocenters. The minimum Gasteiger partial charge on any atom is -0.507 e. The van der Waals surface area contributed by atoms with Gasteiger partial charge in [-0.05, 0) is 68.2 Å². The molecule has 138 valence electrons. The number of H-pyrrole nitrogens is 1. The monoisotopic (exact) mass is 378 g/mol. The molecule has 27 heavy (non-hydrogen) atoms. The zero-order valence-corrected chi connectivity index (χ0v) is 16.3. The Morgan fingerprint density at radius 2 is 1.85 bits per heavy atom. The fourth-order valence-corrected chi connectivity index (χ4v) is 4.36. The zero-order valence-electron chi connectivity index (χ0n) is 15.5. The number of phenols is 1. The molecule has 4 aromatic rings. The number of aromatic nitrogens is 1. The summed E-state index contributed by atoms with van der Waals surface area (Å²) < 4.78 is 0.689. The number of aromatic hydroxyl groups is 1. The smallest absolute Gasteiger partial charge is 0.266 e. The summed E-state index contributed by atoms with van der Waals surface area (Å²) in [7, 11) is 4.17. The first-order valence-corrected chi connectivity index (χ1v) is 9.92. The minimum atomic E-state index is -0.0830. The predicted molar refractivity (Wildman–Crippen MR) is 114 cm³/mol. The summed E-state index contributed by atoms with van der Waals surface area (Å²) in [5.41, 5.74) is 3.67. The lowest BCUT2D eigenvalue weighted by Crippen LogP contribution is -2.13. The predicted octanol–water partition coefficient (Wildman–Crippen LogP) is 4.61. The lowest BCUT2D eigenvalue weighted by molar-refractivity contribution is 0.400. The van der Waals surface area contributed by atoms with E-state index in [2.05, 4.69) is 48.2 Å². The highest BCUT2D eigenvalue weighted by atomic mass is 32.1. The Kier molecular flexibility index (Phi) is 4.72. The molecule has 0 unspecified atom stereocenters. The maximum Gasteiger partial charge on any atom is 0.266 e. The van der Waals surface area contributed by atoms with Crippen LogP contribution in [0.1, 0.15) is 12.0 Å². The number of aromatic amines is 1. The highest BCUT2D eigenvalue weighted by Crippen LogP contribution is 2.39. The van der Waals surface area contributed by atoms with Crippen molar-refractivity contribution in [2.45, 2.75) is 12.8 Å². The average Bonchev–Trinajstić information content (AvgIpc) is 3.13. The minimum absolute atomic E-state index is 0.0830. The van der Waals surface area contributed by atoms with Crippen LogP contribution in [0.15, 0.2) is 52.6 Å². The highest BCUT2D eigenvalue weighted by Gasteiger charge is 2.15. The standard InChI is InChI=1S/C22H22N2O2S/c1-24(2)12-3-4-14-5-7-15(8-6-14)19-18(25)10-9-17-20(19)16-11-13-27-21(16)22(26)23-17/h5-11,13,25H,3-4,12H2,1-2H3,(H,23,26). The van der Waals surface area contributed by atoms with Crippen LogP contribution in [0.4, 0.5) is 0 Å². The number of aryl methyl sites for hydroxylation is 1. The van der Waals surface area contributed by atoms with Crippen LogP contribution in [-0.4, -0.2) is 35.6 Å². The summed E-state index contributed by atoms with van der Waals surface area (Å²) in [4.78, 5) is 17.4. The first-order valence-electron chi connectivity index (χ1n) is 9.04. The van der Waals surface area contributed by atoms with Gasteiger partial charge in [0.2, 0.25) is 0 Å². The summed E-state index contributed by atoms with van der Waals surface area (Å²) in [5, 5.41) is 14.3. The number of nitrogens with zero attached hydrogens (tertiary/aromatic N) is 1. The van der Waals surface area contributed by atoms with Gasteiger partial charge in [-0.3, -0.25) is 4.79 Å². The molecular formula is C22H22N2O2S. The molecule has 0 bridgehead atoms. The fourth-order valence-electron chi connectivity index (χ4n) is 3.57. The van der Waals surface area contributed by atoms with Gasteiger partial charge >= 0.3 is 0 Å². The van der Waals surface area contributed by atoms with Crippen LogP contribution in [0.5, 0.6) is 5.75 Å². The number of pyridine rings is 1. The Labute approximate surface area is 161 Å². The van der Waals surface area contributed by atoms with Crippen molar-refractivity contribution in [1.82, 2.24) is 9.88 Å². The van der Waals surface area contributed by atoms with Gasteiger partial charge in [0, 0.05) is 21.9 Å². The molecular weight excluding hydrogens is 356 g/mol. The van der Waals surface area contributed by atoms with Crippen molar-refractivity contribution in [2.75, 3.05) is 20.6 Å². The van der Waals surface area contributed by atoms with E-state index in [-0.39, 0.29) is 11.3 Å². The molecule has 2 N–H and O–H groups in total. The van der Waals surface area contributed by atoms with Gasteiger partial charge in [0.15, 0.2) is 0 Å². The fraction of sp³-hybridized carbons (Fsp3) is 0.227. The maximum absolute atomic E-state index is 12.3. The molecule has 0 spiro atoms. The third kappa shape index (κ3) is 3.36. The van der Waals surface area contributed by atoms with E-state index >= 15 is 0 Å². The van der Waals surface area contributed by atoms with Crippen molar-refractivity contribution in [2.24, 2.45) is 0 Å². The largest absolute Gasteiger partial charge is 0.507 e. The number of hydrogen-bond acceptors (Lipinski definition) is 4. The molecule has 0 aliphatic heterocycles. The molecule has 0 aliphatic rings. The molecule has 2 aromatic carbocycles. The molecule has 0 saturated carbocycles. The Morgan fingerprint density at radius 3 is 2.59 bits per heavy atom. The van der Waals surface area contributed by atoms with E-state index in [4.69, 9.17) is 0 Å². The summed E-state index contributed by atoms with van der Waals surface area (Å²) in [6, 6.07) is 13.7. The van der Waals surface area contributed by atoms with Crippen LogP contribution in [0, 0.1) is 0 Å². The van der Waals surface area contributed by atoms with E-state index in [1.807, 2.05) is 11.4 Å². The molecule has 2 aromatic heterocycles. The molecule has 4 nitrogen and oxygen atoms in total. The van der Waals surface area contributed by atoms with Gasteiger partial charge in [0.25, 0.3) is 5.56 Å². The first kappa shape index (κ1) is 17.8. The van der Waals surface area contributed by atoms with Crippen molar-refractivity contribution in [3.8, 4) is 16.9 Å². The third-order valence-electron chi connectivity index (χ3n) is 4.89. The van der Waals surface area contributed by atoms with Crippen LogP contribution < -0.4 is 5.56 Å². The molecule has 0 saturated heterocycles. The van der Waals surface area contributed by atoms with E-state index in [1.54, 1.807) is 12.1 Å². The lowest BCUT2D eigenvalue weighted by Gasteiger charge is -2.12. The van der Waals surface area contributed by atoms with Gasteiger partial charge in [0.05, 0.1) is 0 Å². The van der Waals surface area contributed by atoms with Crippen molar-refractivity contribution < 1.29 is 5.11 Å². The van der Waals surface area contributed by atoms with Crippen molar-refractivity contribution in [3.05, 3.63) is 63.8 Å². The second-order valence-corrected chi connectivity index (χ2v) is 8.02. The van der Waals surface area contributed by atoms with Gasteiger partial charge in [-0.25, -0.2) is 0 Å². The number of phenolic OH excluding ortho intramolecular Hbond substituents is 1. The summed E-state index contributed by atoms with van der Waals surface area (Å²) in [6.45, 7) is 1.06. The van der Waals surface area contributed by atoms with Crippen molar-refractivity contribution in [1.29, 1.82) is 0 Å². The summed E-state index contributed by atoms with van der Waals surface area (Å²) in [6.07, 6.45) is 2.14. The van der Waals surface area contributed by atoms with Crippen LogP contribution in [0.2, 0.25) is 0 Å². The number of rotatable bonds is 5. The lowest BCUT2D eigenvalue weighted by atomic mass is 9.96. The molecule has 5 heteroatoms. The second-order valence-electron chi connectivity index (χ2n) is 7.10. The molecule has 0 aliphatic carbocycles. The maximum atomic E-state index is 12.3. The molecule has 0 fully saturated rings. The normalized spacial score (nSPS) is 11.7. The Bertz CT molecular complexity index is 1160. The van der Waals surface area contributed by atoms with E-state index in [1.165, 1.54) is 16.9 Å². The van der Waals surface area contributed by atoms with Gasteiger partial charge in [-0.1, -0.05) is 24.3 Å². The van der Waals surface area contributed by atoms with E-state index < -0.39 is 0 Å². The van der Waals surface area contributed by atoms with Gasteiger partial charge < -0.3 is 15.0 Å². The van der Waals surface area contributed by atoms with Gasteiger partial charge in [-0.15, -0.1) is 11.3 Å². The molecule has 2 heterocycles. The number of hydrogen-bond donors (Lipinski definition) is 2. The van der Waals surface area contributed by atoms with Crippen LogP contribution in [0.3, 0.4) is 0 Å². The molecule has 0 amide bonds. The highest BCUT2D eigenvalue weighted by molar-refractivity contribution is 7.17. The number of thiophene rings is 1. The number of benzene rings is 2. The Hall–Kier alpha value is -2.63. The third-order valence-corrected chi connectivity index (χ3v) is 5.80. The first-order chi connectivity index (χ1) is 13.0. The number of nitrogens with one attached hydrogen (secondary N) is 1. The summed E-state index contributed by atoms with van der Waals surface area (Å²) in [5.74, 6) is 0.224. The molecule has 0 radical (unpaired) electrons. The summed E-state index contributed by atoms with van der Waals surface area (Å²) >= 11 is 1.42. The second kappa shape index (κ2) is 7.18. The average molecular weight is 378 g/mol. The van der Waals surface area contributed by atoms with Crippen LogP contribution in [0.25, 0.3) is 32.1 Å². The van der Waals surface area contributed by atoms with Crippen LogP contribution in [-0.2, 0) is 6.42 Å². The number of fused-ring (bicyclic) bond motifs is 3. The van der Waals surface area contributed by atoms with Crippen LogP contribution >= 0.6 is 11.3 Å². The van der Waals surface area contributed by atoms with Crippen molar-refractivity contribution >= 4 is 32.3 Å². The Morgan fingerprint density at radius 1 is 1.07 bits per heavy atom. The Balaban J connectivity index is 1.80. The van der Waals surface area contributed by atoms with Gasteiger partial charge in [-0.2, -0.15) is 0 Å². The quantitative estimate of drug-likeness (QED) is 0.533. The van der Waals surface area contributed by atoms with E-state index in [0.29, 0.717) is 4.70 Å². The van der Waals surface area contributed by atoms with Crippen molar-refractivity contribution in [3.63, 3.8) is 0 Å². The SMILES string of the molecule is CN(C)CCCc1ccc(-c2c(O)ccc3[nH]c(=O)c4sccc4c23)cc1. The topological polar surface area (TPSA) is 56.3 Å². The molecule has 4 rings (SSSR count). The van der Waals surface area contributed by atoms with E-state index in [0.717, 1.165) is 46.8 Å². The van der Waals surface area contributed by atoms with E-state index in [9.17, 15) is 9.90 Å².